The number of hydrogen-bond donors (Lipinski definition) is 2. The van der Waals surface area contributed by atoms with Crippen LogP contribution in [0.3, 0.4) is 0 Å². The Kier molecular flexibility index (Phi) is 13.5. The Morgan fingerprint density at radius 2 is 1.84 bits per heavy atom. The van der Waals surface area contributed by atoms with Gasteiger partial charge in [0, 0.05) is 43.7 Å². The zero-order valence-corrected chi connectivity index (χ0v) is 30.8. The van der Waals surface area contributed by atoms with E-state index < -0.39 is 51.0 Å². The molecule has 6 rings (SSSR count). The van der Waals surface area contributed by atoms with Crippen LogP contribution in [-0.2, 0) is 34.9 Å². The Morgan fingerprint density at radius 1 is 1.04 bits per heavy atom. The minimum atomic E-state index is -3.49. The molecule has 2 saturated heterocycles. The van der Waals surface area contributed by atoms with E-state index in [0.717, 1.165) is 25.4 Å². The number of ether oxygens (including phenoxy) is 6. The fraction of sp³-hybridized carbons (Fsp3) is 0.429. The summed E-state index contributed by atoms with van der Waals surface area (Å²) in [5.74, 6) is -2.59. The van der Waals surface area contributed by atoms with Crippen LogP contribution in [0.1, 0.15) is 18.4 Å². The molecule has 2 aromatic carbocycles. The number of esters is 1. The number of para-hydroxylation sites is 1. The van der Waals surface area contributed by atoms with E-state index in [9.17, 15) is 14.4 Å². The number of carbonyl (C=O) groups excluding carboxylic acids is 2. The molecule has 3 atom stereocenters. The van der Waals surface area contributed by atoms with Gasteiger partial charge in [-0.15, -0.1) is 0 Å². The lowest BCUT2D eigenvalue weighted by Gasteiger charge is -2.26. The minimum Gasteiger partial charge on any atom is -0.497 e. The fourth-order valence-corrected chi connectivity index (χ4v) is 6.74. The normalized spacial score (nSPS) is 18.8. The van der Waals surface area contributed by atoms with Gasteiger partial charge in [0.15, 0.2) is 17.9 Å². The first-order valence-corrected chi connectivity index (χ1v) is 18.3. The topological polar surface area (TPSA) is 183 Å². The van der Waals surface area contributed by atoms with E-state index in [-0.39, 0.29) is 32.2 Å². The van der Waals surface area contributed by atoms with Crippen molar-refractivity contribution in [3.8, 4) is 17.2 Å². The molecule has 55 heavy (non-hydrogen) atoms. The number of furan rings is 1. The highest BCUT2D eigenvalue weighted by Gasteiger charge is 2.52. The van der Waals surface area contributed by atoms with Crippen LogP contribution in [0.25, 0.3) is 11.0 Å². The number of methoxy groups -OCH3 is 2. The van der Waals surface area contributed by atoms with E-state index in [0.29, 0.717) is 58.3 Å². The summed E-state index contributed by atoms with van der Waals surface area (Å²) in [7, 11) is 0.976. The second-order valence-electron chi connectivity index (χ2n) is 12.2. The minimum absolute atomic E-state index is 0.192. The number of morpholine rings is 1. The number of anilines is 1. The van der Waals surface area contributed by atoms with Crippen LogP contribution < -0.4 is 30.1 Å². The molecule has 0 saturated carbocycles. The molecule has 2 fully saturated rings. The van der Waals surface area contributed by atoms with Gasteiger partial charge in [-0.1, -0.05) is 18.2 Å². The maximum Gasteiger partial charge on any atom is 0.413 e. The first-order valence-electron chi connectivity index (χ1n) is 17.2. The maximum atomic E-state index is 15.2. The molecular formula is C35H40F2N5O12P. The van der Waals surface area contributed by atoms with E-state index in [1.54, 1.807) is 48.5 Å². The highest BCUT2D eigenvalue weighted by atomic mass is 31.2. The van der Waals surface area contributed by atoms with Crippen LogP contribution in [0, 0.1) is 0 Å². The fourth-order valence-electron chi connectivity index (χ4n) is 5.65. The number of halogens is 2. The first kappa shape index (κ1) is 39.8. The SMILES string of the molecule is COc1cc(OC)c2oc(COC(=O)Nc3ccn([C@@H]4O[C@H](COP(NCC(=O)OCCN5CCOCC5)Oc5ccccc5)CC4(F)F)c(=O)n3)cc2c1. The zero-order chi connectivity index (χ0) is 38.8. The molecule has 0 radical (unpaired) electrons. The highest BCUT2D eigenvalue weighted by Crippen LogP contribution is 2.44. The summed E-state index contributed by atoms with van der Waals surface area (Å²) >= 11 is 0. The average molecular weight is 792 g/mol. The monoisotopic (exact) mass is 791 g/mol. The molecule has 0 bridgehead atoms. The third-order valence-corrected chi connectivity index (χ3v) is 9.52. The Morgan fingerprint density at radius 3 is 2.58 bits per heavy atom. The van der Waals surface area contributed by atoms with Crippen molar-refractivity contribution in [1.29, 1.82) is 0 Å². The maximum absolute atomic E-state index is 15.2. The molecule has 2 N–H and O–H groups in total. The molecule has 4 heterocycles. The number of rotatable bonds is 17. The molecular weight excluding hydrogens is 751 g/mol. The Balaban J connectivity index is 1.00. The van der Waals surface area contributed by atoms with Crippen molar-refractivity contribution < 1.29 is 60.3 Å². The van der Waals surface area contributed by atoms with Crippen molar-refractivity contribution >= 4 is 37.4 Å². The number of benzene rings is 2. The van der Waals surface area contributed by atoms with Gasteiger partial charge in [-0.25, -0.2) is 23.5 Å². The van der Waals surface area contributed by atoms with Crippen molar-refractivity contribution in [3.63, 3.8) is 0 Å². The Hall–Kier alpha value is -4.91. The molecule has 17 nitrogen and oxygen atoms in total. The number of fused-ring (bicyclic) bond motifs is 1. The summed E-state index contributed by atoms with van der Waals surface area (Å²) in [6.45, 7) is 2.64. The van der Waals surface area contributed by atoms with E-state index in [2.05, 4.69) is 20.3 Å². The third-order valence-electron chi connectivity index (χ3n) is 8.34. The first-order chi connectivity index (χ1) is 26.6. The average Bonchev–Trinajstić information content (AvgIpc) is 3.74. The van der Waals surface area contributed by atoms with Crippen LogP contribution in [0.2, 0.25) is 0 Å². The predicted octanol–water partition coefficient (Wildman–Crippen LogP) is 4.47. The lowest BCUT2D eigenvalue weighted by Crippen LogP contribution is -2.38. The molecule has 20 heteroatoms. The second-order valence-corrected chi connectivity index (χ2v) is 13.5. The van der Waals surface area contributed by atoms with E-state index in [1.165, 1.54) is 14.2 Å². The summed E-state index contributed by atoms with van der Waals surface area (Å²) < 4.78 is 80.5. The number of aromatic nitrogens is 2. The van der Waals surface area contributed by atoms with Crippen LogP contribution in [0.4, 0.5) is 19.4 Å². The molecule has 2 aliphatic heterocycles. The van der Waals surface area contributed by atoms with Crippen molar-refractivity contribution in [2.45, 2.75) is 31.3 Å². The van der Waals surface area contributed by atoms with Gasteiger partial charge in [-0.2, -0.15) is 4.98 Å². The highest BCUT2D eigenvalue weighted by molar-refractivity contribution is 7.45. The molecule has 0 aliphatic carbocycles. The zero-order valence-electron chi connectivity index (χ0n) is 29.9. The van der Waals surface area contributed by atoms with E-state index in [1.807, 2.05) is 0 Å². The lowest BCUT2D eigenvalue weighted by molar-refractivity contribution is -0.142. The van der Waals surface area contributed by atoms with Gasteiger partial charge < -0.3 is 41.9 Å². The van der Waals surface area contributed by atoms with Gasteiger partial charge in [-0.3, -0.25) is 19.6 Å². The summed E-state index contributed by atoms with van der Waals surface area (Å²) in [5.41, 5.74) is -0.677. The number of nitrogens with zero attached hydrogens (tertiary/aromatic N) is 3. The summed E-state index contributed by atoms with van der Waals surface area (Å²) in [4.78, 5) is 43.6. The van der Waals surface area contributed by atoms with Crippen molar-refractivity contribution in [3.05, 3.63) is 77.0 Å². The standard InChI is InChI=1S/C35H40F2N5O12P/c1-46-25-16-23-17-26(52-31(23)28(18-25)47-2)21-50-34(45)40-29-8-9-42(33(44)39-29)32-35(36,37)19-27(53-32)22-51-55(54-24-6-4-3-5-7-24)38-20-30(43)49-15-12-41-10-13-48-14-11-41/h3-9,16-18,27,32,38H,10-15,19-22H2,1-2H3,(H,39,40,44,45)/t27-,32+,55?/m0/s1. The largest absolute Gasteiger partial charge is 0.497 e. The molecule has 4 aromatic rings. The summed E-state index contributed by atoms with van der Waals surface area (Å²) in [6, 6.07) is 14.8. The number of nitrogens with one attached hydrogen (secondary N) is 2. The van der Waals surface area contributed by atoms with Gasteiger partial charge >= 0.3 is 26.3 Å². The van der Waals surface area contributed by atoms with Crippen LogP contribution in [-0.4, -0.2) is 105 Å². The predicted molar refractivity (Wildman–Crippen MR) is 191 cm³/mol. The van der Waals surface area contributed by atoms with Gasteiger partial charge in [0.2, 0.25) is 6.23 Å². The van der Waals surface area contributed by atoms with Crippen molar-refractivity contribution in [2.24, 2.45) is 0 Å². The quantitative estimate of drug-likeness (QED) is 0.113. The van der Waals surface area contributed by atoms with Gasteiger partial charge in [0.1, 0.15) is 36.2 Å². The third kappa shape index (κ3) is 10.9. The molecule has 296 valence electrons. The second kappa shape index (κ2) is 18.6. The lowest BCUT2D eigenvalue weighted by atomic mass is 10.2. The van der Waals surface area contributed by atoms with Crippen LogP contribution >= 0.6 is 8.53 Å². The molecule has 1 unspecified atom stereocenters. The molecule has 2 aliphatic rings. The Bertz CT molecular complexity index is 1960. The van der Waals surface area contributed by atoms with Gasteiger partial charge in [-0.05, 0) is 30.3 Å². The smallest absolute Gasteiger partial charge is 0.413 e. The van der Waals surface area contributed by atoms with E-state index in [4.69, 9.17) is 41.9 Å². The number of carbonyl (C=O) groups is 2. The number of hydrogen-bond acceptors (Lipinski definition) is 15. The molecule has 2 aromatic heterocycles. The van der Waals surface area contributed by atoms with Crippen molar-refractivity contribution in [2.75, 3.05) is 72.1 Å². The van der Waals surface area contributed by atoms with Crippen molar-refractivity contribution in [1.82, 2.24) is 19.5 Å². The summed E-state index contributed by atoms with van der Waals surface area (Å²) in [6.07, 6.45) is -3.90. The Labute approximate surface area is 314 Å². The number of amides is 1. The van der Waals surface area contributed by atoms with E-state index >= 15 is 8.78 Å². The van der Waals surface area contributed by atoms with Gasteiger partial charge in [0.05, 0.1) is 40.1 Å². The summed E-state index contributed by atoms with van der Waals surface area (Å²) in [5, 5.41) is 5.81. The van der Waals surface area contributed by atoms with Crippen LogP contribution in [0.5, 0.6) is 17.2 Å². The number of alkyl halides is 2. The van der Waals surface area contributed by atoms with Crippen LogP contribution in [0.15, 0.2) is 70.0 Å². The molecule has 1 amide bonds. The molecule has 0 spiro atoms. The van der Waals surface area contributed by atoms with Gasteiger partial charge in [0.25, 0.3) is 5.92 Å².